The lowest BCUT2D eigenvalue weighted by Crippen LogP contribution is -2.32. The first kappa shape index (κ1) is 19.9. The summed E-state index contributed by atoms with van der Waals surface area (Å²) in [4.78, 5) is 5.10. The second-order valence-corrected chi connectivity index (χ2v) is 6.33. The summed E-state index contributed by atoms with van der Waals surface area (Å²) in [6.45, 7) is 19.4. The first-order valence-corrected chi connectivity index (χ1v) is 8.71. The molecule has 0 aromatic carbocycles. The Morgan fingerprint density at radius 2 is 1.40 bits per heavy atom. The zero-order valence-electron chi connectivity index (χ0n) is 14.7. The molecule has 0 rings (SSSR count). The Hall–Kier alpha value is -0.120. The lowest BCUT2D eigenvalue weighted by molar-refractivity contribution is 0.227. The maximum atomic E-state index is 5.90. The van der Waals surface area contributed by atoms with Crippen LogP contribution in [-0.2, 0) is 0 Å². The lowest BCUT2D eigenvalue weighted by atomic mass is 9.94. The molecular weight excluding hydrogens is 246 g/mol. The number of hydrogen-bond donors (Lipinski definition) is 1. The fraction of sp³-hybridized carbons (Fsp3) is 1.00. The third-order valence-corrected chi connectivity index (χ3v) is 4.28. The molecule has 0 heterocycles. The van der Waals surface area contributed by atoms with Gasteiger partial charge in [0.05, 0.1) is 0 Å². The van der Waals surface area contributed by atoms with Crippen molar-refractivity contribution in [2.45, 2.75) is 53.9 Å². The molecule has 0 spiro atoms. The number of hydrogen-bond acceptors (Lipinski definition) is 3. The lowest BCUT2D eigenvalue weighted by Gasteiger charge is -2.25. The summed E-state index contributed by atoms with van der Waals surface area (Å²) in [5.41, 5.74) is 5.90. The summed E-state index contributed by atoms with van der Waals surface area (Å²) in [6, 6.07) is 0. The summed E-state index contributed by atoms with van der Waals surface area (Å²) in [5, 5.41) is 0. The van der Waals surface area contributed by atoms with Crippen LogP contribution in [0.25, 0.3) is 0 Å². The highest BCUT2D eigenvalue weighted by atomic mass is 15.1. The molecule has 20 heavy (non-hydrogen) atoms. The molecule has 3 heteroatoms. The highest BCUT2D eigenvalue weighted by Crippen LogP contribution is 2.14. The van der Waals surface area contributed by atoms with Crippen LogP contribution in [0.3, 0.4) is 0 Å². The number of nitrogens with two attached hydrogens (primary N) is 1. The van der Waals surface area contributed by atoms with E-state index in [0.29, 0.717) is 5.92 Å². The van der Waals surface area contributed by atoms with Crippen LogP contribution in [0.1, 0.15) is 53.9 Å². The van der Waals surface area contributed by atoms with Gasteiger partial charge in [0.1, 0.15) is 0 Å². The Labute approximate surface area is 127 Å². The van der Waals surface area contributed by atoms with Gasteiger partial charge >= 0.3 is 0 Å². The van der Waals surface area contributed by atoms with Crippen LogP contribution in [0.4, 0.5) is 0 Å². The van der Waals surface area contributed by atoms with E-state index in [2.05, 4.69) is 44.4 Å². The SMILES string of the molecule is CCN(CC)CCCN(CC)CCC(CN)CC(C)C. The van der Waals surface area contributed by atoms with Gasteiger partial charge in [-0.25, -0.2) is 0 Å². The van der Waals surface area contributed by atoms with Gasteiger partial charge in [0.2, 0.25) is 0 Å². The van der Waals surface area contributed by atoms with Gasteiger partial charge in [0.25, 0.3) is 0 Å². The zero-order chi connectivity index (χ0) is 15.4. The molecule has 0 aliphatic carbocycles. The van der Waals surface area contributed by atoms with Crippen molar-refractivity contribution in [1.29, 1.82) is 0 Å². The molecule has 0 aromatic heterocycles. The minimum absolute atomic E-state index is 0.701. The molecule has 2 N–H and O–H groups in total. The molecule has 0 aliphatic heterocycles. The molecule has 0 aromatic rings. The third-order valence-electron chi connectivity index (χ3n) is 4.28. The van der Waals surface area contributed by atoms with Crippen LogP contribution in [0.2, 0.25) is 0 Å². The highest BCUT2D eigenvalue weighted by Gasteiger charge is 2.11. The minimum atomic E-state index is 0.701. The molecule has 0 saturated heterocycles. The topological polar surface area (TPSA) is 32.5 Å². The van der Waals surface area contributed by atoms with E-state index in [1.807, 2.05) is 0 Å². The van der Waals surface area contributed by atoms with Gasteiger partial charge in [-0.15, -0.1) is 0 Å². The van der Waals surface area contributed by atoms with E-state index in [0.717, 1.165) is 19.0 Å². The molecule has 0 aliphatic rings. The quantitative estimate of drug-likeness (QED) is 0.564. The zero-order valence-corrected chi connectivity index (χ0v) is 14.7. The van der Waals surface area contributed by atoms with Crippen molar-refractivity contribution >= 4 is 0 Å². The van der Waals surface area contributed by atoms with Gasteiger partial charge in [-0.2, -0.15) is 0 Å². The Balaban J connectivity index is 3.90. The van der Waals surface area contributed by atoms with Crippen molar-refractivity contribution in [2.75, 3.05) is 45.8 Å². The van der Waals surface area contributed by atoms with Gasteiger partial charge in [-0.1, -0.05) is 34.6 Å². The minimum Gasteiger partial charge on any atom is -0.330 e. The largest absolute Gasteiger partial charge is 0.330 e. The molecule has 3 nitrogen and oxygen atoms in total. The average molecular weight is 286 g/mol. The molecule has 0 radical (unpaired) electrons. The smallest absolute Gasteiger partial charge is 0.000666 e. The third kappa shape index (κ3) is 9.73. The Bertz CT molecular complexity index is 202. The molecule has 0 amide bonds. The van der Waals surface area contributed by atoms with E-state index in [4.69, 9.17) is 5.73 Å². The standard InChI is InChI=1S/C17H39N3/c1-6-19(7-2)11-9-12-20(8-3)13-10-17(15-18)14-16(4)5/h16-17H,6-15,18H2,1-5H3. The predicted molar refractivity (Wildman–Crippen MR) is 91.1 cm³/mol. The van der Waals surface area contributed by atoms with Crippen LogP contribution >= 0.6 is 0 Å². The van der Waals surface area contributed by atoms with Crippen LogP contribution in [-0.4, -0.2) is 55.6 Å². The van der Waals surface area contributed by atoms with Crippen LogP contribution < -0.4 is 5.73 Å². The summed E-state index contributed by atoms with van der Waals surface area (Å²) in [7, 11) is 0. The van der Waals surface area contributed by atoms with Gasteiger partial charge in [-0.3, -0.25) is 0 Å². The summed E-state index contributed by atoms with van der Waals surface area (Å²) in [5.74, 6) is 1.47. The Morgan fingerprint density at radius 1 is 0.850 bits per heavy atom. The van der Waals surface area contributed by atoms with Crippen molar-refractivity contribution in [2.24, 2.45) is 17.6 Å². The second-order valence-electron chi connectivity index (χ2n) is 6.33. The first-order chi connectivity index (χ1) is 9.57. The van der Waals surface area contributed by atoms with E-state index in [1.54, 1.807) is 0 Å². The summed E-state index contributed by atoms with van der Waals surface area (Å²) >= 11 is 0. The fourth-order valence-electron chi connectivity index (χ4n) is 2.85. The van der Waals surface area contributed by atoms with Gasteiger partial charge in [-0.05, 0) is 76.9 Å². The Kier molecular flexibility index (Phi) is 12.5. The molecule has 0 bridgehead atoms. The molecule has 122 valence electrons. The fourth-order valence-corrected chi connectivity index (χ4v) is 2.85. The number of nitrogens with zero attached hydrogens (tertiary/aromatic N) is 2. The highest BCUT2D eigenvalue weighted by molar-refractivity contribution is 4.66. The average Bonchev–Trinajstić information content (AvgIpc) is 2.44. The Morgan fingerprint density at radius 3 is 1.85 bits per heavy atom. The van der Waals surface area contributed by atoms with E-state index in [9.17, 15) is 0 Å². The first-order valence-electron chi connectivity index (χ1n) is 8.71. The van der Waals surface area contributed by atoms with E-state index in [1.165, 1.54) is 52.0 Å². The molecule has 0 fully saturated rings. The number of rotatable bonds is 13. The van der Waals surface area contributed by atoms with Crippen molar-refractivity contribution < 1.29 is 0 Å². The van der Waals surface area contributed by atoms with Gasteiger partial charge < -0.3 is 15.5 Å². The molecular formula is C17H39N3. The van der Waals surface area contributed by atoms with E-state index in [-0.39, 0.29) is 0 Å². The van der Waals surface area contributed by atoms with Crippen molar-refractivity contribution in [3.8, 4) is 0 Å². The molecule has 0 saturated carbocycles. The van der Waals surface area contributed by atoms with Gasteiger partial charge in [0.15, 0.2) is 0 Å². The van der Waals surface area contributed by atoms with Crippen LogP contribution in [0.15, 0.2) is 0 Å². The normalized spacial score (nSPS) is 13.7. The van der Waals surface area contributed by atoms with Crippen molar-refractivity contribution in [3.05, 3.63) is 0 Å². The van der Waals surface area contributed by atoms with Crippen LogP contribution in [0, 0.1) is 11.8 Å². The van der Waals surface area contributed by atoms with Crippen molar-refractivity contribution in [1.82, 2.24) is 9.80 Å². The maximum Gasteiger partial charge on any atom is -0.000666 e. The van der Waals surface area contributed by atoms with E-state index >= 15 is 0 Å². The predicted octanol–water partition coefficient (Wildman–Crippen LogP) is 3.05. The van der Waals surface area contributed by atoms with Gasteiger partial charge in [0, 0.05) is 0 Å². The maximum absolute atomic E-state index is 5.90. The van der Waals surface area contributed by atoms with Crippen molar-refractivity contribution in [3.63, 3.8) is 0 Å². The summed E-state index contributed by atoms with van der Waals surface area (Å²) in [6.07, 6.45) is 3.81. The van der Waals surface area contributed by atoms with Crippen LogP contribution in [0.5, 0.6) is 0 Å². The monoisotopic (exact) mass is 285 g/mol. The second kappa shape index (κ2) is 12.6. The van der Waals surface area contributed by atoms with E-state index < -0.39 is 0 Å². The summed E-state index contributed by atoms with van der Waals surface area (Å²) < 4.78 is 0. The molecule has 1 atom stereocenters. The molecule has 1 unspecified atom stereocenters.